The molecule has 17 heavy (non-hydrogen) atoms. The fraction of sp³-hybridized carbons (Fsp3) is 0.333. The van der Waals surface area contributed by atoms with Crippen LogP contribution in [-0.2, 0) is 4.79 Å². The highest BCUT2D eigenvalue weighted by molar-refractivity contribution is 5.98. The van der Waals surface area contributed by atoms with Crippen LogP contribution in [0, 0.1) is 0 Å². The minimum absolute atomic E-state index is 0.323. The molecule has 1 aromatic rings. The Bertz CT molecular complexity index is 424. The monoisotopic (exact) mass is 235 g/mol. The van der Waals surface area contributed by atoms with Crippen molar-refractivity contribution in [3.63, 3.8) is 0 Å². The van der Waals surface area contributed by atoms with Crippen molar-refractivity contribution in [1.82, 2.24) is 5.32 Å². The van der Waals surface area contributed by atoms with Crippen LogP contribution in [0.25, 0.3) is 0 Å². The predicted octanol–water partition coefficient (Wildman–Crippen LogP) is 0.722. The molecule has 5 nitrogen and oxygen atoms in total. The van der Waals surface area contributed by atoms with E-state index >= 15 is 0 Å². The Labute approximate surface area is 100 Å². The summed E-state index contributed by atoms with van der Waals surface area (Å²) in [5.74, 6) is -0.894. The lowest BCUT2D eigenvalue weighted by Gasteiger charge is -2.22. The first-order valence-electron chi connectivity index (χ1n) is 5.27. The van der Waals surface area contributed by atoms with Crippen LogP contribution in [0.15, 0.2) is 24.3 Å². The van der Waals surface area contributed by atoms with E-state index in [4.69, 9.17) is 5.73 Å². The van der Waals surface area contributed by atoms with E-state index in [-0.39, 0.29) is 5.91 Å². The molecule has 0 atom stereocenters. The van der Waals surface area contributed by atoms with Gasteiger partial charge in [-0.2, -0.15) is 0 Å². The van der Waals surface area contributed by atoms with Crippen molar-refractivity contribution in [3.8, 4) is 0 Å². The van der Waals surface area contributed by atoms with Crippen LogP contribution in [0.3, 0.4) is 0 Å². The van der Waals surface area contributed by atoms with Crippen molar-refractivity contribution in [2.75, 3.05) is 12.4 Å². The summed E-state index contributed by atoms with van der Waals surface area (Å²) < 4.78 is 0. The zero-order valence-corrected chi connectivity index (χ0v) is 10.2. The molecule has 0 saturated heterocycles. The van der Waals surface area contributed by atoms with Gasteiger partial charge in [0.1, 0.15) is 5.54 Å². The first kappa shape index (κ1) is 13.0. The van der Waals surface area contributed by atoms with Gasteiger partial charge in [-0.1, -0.05) is 0 Å². The fourth-order valence-electron chi connectivity index (χ4n) is 1.21. The number of primary amides is 1. The number of hydrogen-bond acceptors (Lipinski definition) is 3. The van der Waals surface area contributed by atoms with Gasteiger partial charge < -0.3 is 16.4 Å². The number of anilines is 1. The van der Waals surface area contributed by atoms with Gasteiger partial charge in [0.25, 0.3) is 5.91 Å². The van der Waals surface area contributed by atoms with Crippen molar-refractivity contribution < 1.29 is 9.59 Å². The minimum atomic E-state index is -1.06. The molecule has 0 bridgehead atoms. The Morgan fingerprint density at radius 3 is 2.12 bits per heavy atom. The van der Waals surface area contributed by atoms with Gasteiger partial charge >= 0.3 is 0 Å². The molecule has 1 aromatic carbocycles. The molecule has 5 heteroatoms. The molecule has 0 spiro atoms. The van der Waals surface area contributed by atoms with E-state index in [1.54, 1.807) is 45.2 Å². The fourth-order valence-corrected chi connectivity index (χ4v) is 1.21. The summed E-state index contributed by atoms with van der Waals surface area (Å²) in [5, 5.41) is 5.53. The maximum atomic E-state index is 11.8. The number of carbonyl (C=O) groups excluding carboxylic acids is 2. The zero-order valence-electron chi connectivity index (χ0n) is 10.2. The highest BCUT2D eigenvalue weighted by Crippen LogP contribution is 2.10. The van der Waals surface area contributed by atoms with Crippen LogP contribution >= 0.6 is 0 Å². The maximum Gasteiger partial charge on any atom is 0.252 e. The minimum Gasteiger partial charge on any atom is -0.388 e. The highest BCUT2D eigenvalue weighted by Gasteiger charge is 2.27. The van der Waals surface area contributed by atoms with E-state index in [0.29, 0.717) is 5.56 Å². The topological polar surface area (TPSA) is 84.2 Å². The first-order chi connectivity index (χ1) is 7.86. The van der Waals surface area contributed by atoms with Gasteiger partial charge in [0.05, 0.1) is 0 Å². The number of hydrogen-bond donors (Lipinski definition) is 3. The molecule has 0 saturated carbocycles. The van der Waals surface area contributed by atoms with Gasteiger partial charge in [-0.25, -0.2) is 0 Å². The van der Waals surface area contributed by atoms with Gasteiger partial charge in [-0.15, -0.1) is 0 Å². The predicted molar refractivity (Wildman–Crippen MR) is 66.7 cm³/mol. The second kappa shape index (κ2) is 4.86. The molecule has 2 amide bonds. The lowest BCUT2D eigenvalue weighted by molar-refractivity contribution is -0.122. The van der Waals surface area contributed by atoms with Crippen molar-refractivity contribution in [3.05, 3.63) is 29.8 Å². The Hall–Kier alpha value is -2.04. The Morgan fingerprint density at radius 2 is 1.71 bits per heavy atom. The molecule has 0 radical (unpaired) electrons. The third-order valence-corrected chi connectivity index (χ3v) is 2.48. The second-order valence-corrected chi connectivity index (χ2v) is 4.27. The quantitative estimate of drug-likeness (QED) is 0.719. The molecule has 0 heterocycles. The maximum absolute atomic E-state index is 11.8. The Kier molecular flexibility index (Phi) is 3.73. The summed E-state index contributed by atoms with van der Waals surface area (Å²) in [5.41, 5.74) is 5.52. The number of nitrogens with one attached hydrogen (secondary N) is 2. The van der Waals surface area contributed by atoms with Crippen LogP contribution < -0.4 is 16.4 Å². The van der Waals surface area contributed by atoms with E-state index in [9.17, 15) is 9.59 Å². The molecule has 0 unspecified atom stereocenters. The molecular weight excluding hydrogens is 218 g/mol. The van der Waals surface area contributed by atoms with E-state index in [1.165, 1.54) is 0 Å². The average Bonchev–Trinajstić information content (AvgIpc) is 2.28. The van der Waals surface area contributed by atoms with Crippen LogP contribution in [0.5, 0.6) is 0 Å². The second-order valence-electron chi connectivity index (χ2n) is 4.27. The van der Waals surface area contributed by atoms with Gasteiger partial charge in [0, 0.05) is 18.3 Å². The first-order valence-corrected chi connectivity index (χ1v) is 5.27. The molecule has 0 fully saturated rings. The summed E-state index contributed by atoms with van der Waals surface area (Å²) in [6, 6.07) is 6.93. The van der Waals surface area contributed by atoms with Crippen molar-refractivity contribution in [1.29, 1.82) is 0 Å². The standard InChI is InChI=1S/C12H17N3O2/c1-12(2,11(13)17)15-10(16)8-4-6-9(14-3)7-5-8/h4-7,14H,1-3H3,(H2,13,17)(H,15,16). The van der Waals surface area contributed by atoms with E-state index in [0.717, 1.165) is 5.69 Å². The molecule has 0 aromatic heterocycles. The van der Waals surface area contributed by atoms with Crippen molar-refractivity contribution in [2.45, 2.75) is 19.4 Å². The molecule has 0 aliphatic carbocycles. The Morgan fingerprint density at radius 1 is 1.18 bits per heavy atom. The third kappa shape index (κ3) is 3.21. The molecule has 4 N–H and O–H groups in total. The lowest BCUT2D eigenvalue weighted by atomic mass is 10.0. The van der Waals surface area contributed by atoms with Gasteiger partial charge in [-0.3, -0.25) is 9.59 Å². The number of rotatable bonds is 4. The number of nitrogens with two attached hydrogens (primary N) is 1. The molecule has 92 valence electrons. The lowest BCUT2D eigenvalue weighted by Crippen LogP contribution is -2.52. The van der Waals surface area contributed by atoms with Crippen LogP contribution in [0.1, 0.15) is 24.2 Å². The number of carbonyl (C=O) groups is 2. The van der Waals surface area contributed by atoms with Gasteiger partial charge in [0.2, 0.25) is 5.91 Å². The van der Waals surface area contributed by atoms with E-state index < -0.39 is 11.4 Å². The summed E-state index contributed by atoms with van der Waals surface area (Å²) in [4.78, 5) is 22.9. The Balaban J connectivity index is 2.80. The zero-order chi connectivity index (χ0) is 13.1. The van der Waals surface area contributed by atoms with Gasteiger partial charge in [-0.05, 0) is 38.1 Å². The van der Waals surface area contributed by atoms with Gasteiger partial charge in [0.15, 0.2) is 0 Å². The molecule has 0 aliphatic rings. The average molecular weight is 235 g/mol. The largest absolute Gasteiger partial charge is 0.388 e. The van der Waals surface area contributed by atoms with Crippen molar-refractivity contribution in [2.24, 2.45) is 5.73 Å². The van der Waals surface area contributed by atoms with Crippen LogP contribution in [-0.4, -0.2) is 24.4 Å². The van der Waals surface area contributed by atoms with E-state index in [1.807, 2.05) is 0 Å². The summed E-state index contributed by atoms with van der Waals surface area (Å²) >= 11 is 0. The summed E-state index contributed by atoms with van der Waals surface area (Å²) in [6.45, 7) is 3.13. The normalized spacial score (nSPS) is 10.8. The van der Waals surface area contributed by atoms with Crippen molar-refractivity contribution >= 4 is 17.5 Å². The van der Waals surface area contributed by atoms with E-state index in [2.05, 4.69) is 10.6 Å². The number of amides is 2. The SMILES string of the molecule is CNc1ccc(C(=O)NC(C)(C)C(N)=O)cc1. The van der Waals surface area contributed by atoms with Crippen LogP contribution in [0.2, 0.25) is 0 Å². The molecule has 0 aliphatic heterocycles. The third-order valence-electron chi connectivity index (χ3n) is 2.48. The molecule has 1 rings (SSSR count). The number of benzene rings is 1. The molecular formula is C12H17N3O2. The summed E-state index contributed by atoms with van der Waals surface area (Å²) in [7, 11) is 1.80. The summed E-state index contributed by atoms with van der Waals surface area (Å²) in [6.07, 6.45) is 0. The smallest absolute Gasteiger partial charge is 0.252 e. The highest BCUT2D eigenvalue weighted by atomic mass is 16.2. The van der Waals surface area contributed by atoms with Crippen LogP contribution in [0.4, 0.5) is 5.69 Å².